The van der Waals surface area contributed by atoms with Gasteiger partial charge in [-0.2, -0.15) is 0 Å². The average molecular weight is 244 g/mol. The number of carbonyl (C=O) groups excluding carboxylic acids is 1. The van der Waals surface area contributed by atoms with E-state index in [4.69, 9.17) is 5.73 Å². The molecule has 0 radical (unpaired) electrons. The van der Waals surface area contributed by atoms with Crippen LogP contribution < -0.4 is 5.73 Å². The van der Waals surface area contributed by atoms with Crippen molar-refractivity contribution >= 4 is 18.3 Å². The first-order valence-corrected chi connectivity index (χ1v) is 5.27. The molecule has 0 aliphatic carbocycles. The summed E-state index contributed by atoms with van der Waals surface area (Å²) in [7, 11) is 1.92. The van der Waals surface area contributed by atoms with Crippen molar-refractivity contribution in [3.8, 4) is 0 Å². The second kappa shape index (κ2) is 4.89. The second-order valence-electron chi connectivity index (χ2n) is 4.22. The maximum atomic E-state index is 12.1. The lowest BCUT2D eigenvalue weighted by atomic mass is 10.3. The number of aromatic nitrogens is 1. The SMILES string of the molecule is Cc1ccc(C(=O)N2CC[C@@H](N)C2)n1C.Cl. The third kappa shape index (κ3) is 2.23. The van der Waals surface area contributed by atoms with Crippen LogP contribution in [0, 0.1) is 6.92 Å². The zero-order valence-corrected chi connectivity index (χ0v) is 10.5. The van der Waals surface area contributed by atoms with Crippen molar-refractivity contribution in [2.24, 2.45) is 12.8 Å². The van der Waals surface area contributed by atoms with Crippen molar-refractivity contribution in [3.05, 3.63) is 23.5 Å². The molecule has 4 nitrogen and oxygen atoms in total. The van der Waals surface area contributed by atoms with Crippen LogP contribution in [0.1, 0.15) is 22.6 Å². The molecule has 2 heterocycles. The van der Waals surface area contributed by atoms with E-state index in [0.717, 1.165) is 24.4 Å². The number of halogens is 1. The number of rotatable bonds is 1. The van der Waals surface area contributed by atoms with Gasteiger partial charge in [-0.25, -0.2) is 0 Å². The Morgan fingerprint density at radius 2 is 2.19 bits per heavy atom. The predicted molar refractivity (Wildman–Crippen MR) is 65.9 cm³/mol. The highest BCUT2D eigenvalue weighted by atomic mass is 35.5. The Labute approximate surface area is 102 Å². The van der Waals surface area contributed by atoms with Gasteiger partial charge < -0.3 is 15.2 Å². The lowest BCUT2D eigenvalue weighted by molar-refractivity contribution is 0.0781. The number of carbonyl (C=O) groups is 1. The molecule has 0 aromatic carbocycles. The van der Waals surface area contributed by atoms with Gasteiger partial charge in [0.15, 0.2) is 0 Å². The van der Waals surface area contributed by atoms with Crippen molar-refractivity contribution in [1.82, 2.24) is 9.47 Å². The van der Waals surface area contributed by atoms with Gasteiger partial charge in [0.2, 0.25) is 0 Å². The zero-order chi connectivity index (χ0) is 11.0. The number of hydrogen-bond donors (Lipinski definition) is 1. The van der Waals surface area contributed by atoms with Crippen LogP contribution in [0.3, 0.4) is 0 Å². The summed E-state index contributed by atoms with van der Waals surface area (Å²) in [6.07, 6.45) is 0.912. The molecule has 2 N–H and O–H groups in total. The van der Waals surface area contributed by atoms with E-state index in [9.17, 15) is 4.79 Å². The lowest BCUT2D eigenvalue weighted by Gasteiger charge is -2.16. The Hall–Kier alpha value is -1.00. The number of amides is 1. The molecule has 1 aromatic rings. The molecular formula is C11H18ClN3O. The standard InChI is InChI=1S/C11H17N3O.ClH/c1-8-3-4-10(13(8)2)11(15)14-6-5-9(12)7-14;/h3-4,9H,5-7,12H2,1-2H3;1H/t9-;/m1./s1. The maximum Gasteiger partial charge on any atom is 0.270 e. The Morgan fingerprint density at radius 3 is 2.62 bits per heavy atom. The van der Waals surface area contributed by atoms with Crippen molar-refractivity contribution in [3.63, 3.8) is 0 Å². The number of aryl methyl sites for hydroxylation is 1. The predicted octanol–water partition coefficient (Wildman–Crippen LogP) is 0.929. The van der Waals surface area contributed by atoms with Gasteiger partial charge in [0.25, 0.3) is 5.91 Å². The van der Waals surface area contributed by atoms with Crippen LogP contribution >= 0.6 is 12.4 Å². The van der Waals surface area contributed by atoms with Crippen molar-refractivity contribution in [1.29, 1.82) is 0 Å². The summed E-state index contributed by atoms with van der Waals surface area (Å²) >= 11 is 0. The maximum absolute atomic E-state index is 12.1. The molecule has 0 saturated carbocycles. The Bertz CT molecular complexity index is 389. The molecule has 0 bridgehead atoms. The van der Waals surface area contributed by atoms with Gasteiger partial charge in [-0.1, -0.05) is 0 Å². The van der Waals surface area contributed by atoms with Crippen LogP contribution in [0.15, 0.2) is 12.1 Å². The van der Waals surface area contributed by atoms with E-state index in [1.165, 1.54) is 0 Å². The van der Waals surface area contributed by atoms with E-state index < -0.39 is 0 Å². The van der Waals surface area contributed by atoms with Crippen molar-refractivity contribution in [2.75, 3.05) is 13.1 Å². The number of likely N-dealkylation sites (tertiary alicyclic amines) is 1. The van der Waals surface area contributed by atoms with E-state index in [1.807, 2.05) is 35.6 Å². The summed E-state index contributed by atoms with van der Waals surface area (Å²) in [5, 5.41) is 0. The second-order valence-corrected chi connectivity index (χ2v) is 4.22. The highest BCUT2D eigenvalue weighted by Crippen LogP contribution is 2.14. The molecule has 0 spiro atoms. The van der Waals surface area contributed by atoms with Crippen LogP contribution in [-0.4, -0.2) is 34.5 Å². The Morgan fingerprint density at radius 1 is 1.50 bits per heavy atom. The topological polar surface area (TPSA) is 51.3 Å². The summed E-state index contributed by atoms with van der Waals surface area (Å²) in [5.41, 5.74) is 7.63. The minimum Gasteiger partial charge on any atom is -0.344 e. The zero-order valence-electron chi connectivity index (χ0n) is 9.64. The third-order valence-electron chi connectivity index (χ3n) is 3.10. The third-order valence-corrected chi connectivity index (χ3v) is 3.10. The van der Waals surface area contributed by atoms with E-state index in [1.54, 1.807) is 0 Å². The molecular weight excluding hydrogens is 226 g/mol. The lowest BCUT2D eigenvalue weighted by Crippen LogP contribution is -2.32. The van der Waals surface area contributed by atoms with Crippen LogP contribution in [0.5, 0.6) is 0 Å². The summed E-state index contributed by atoms with van der Waals surface area (Å²) < 4.78 is 1.92. The van der Waals surface area contributed by atoms with Gasteiger partial charge in [0.1, 0.15) is 5.69 Å². The Balaban J connectivity index is 0.00000128. The molecule has 1 saturated heterocycles. The number of nitrogens with two attached hydrogens (primary N) is 1. The first-order chi connectivity index (χ1) is 7.09. The smallest absolute Gasteiger partial charge is 0.270 e. The fraction of sp³-hybridized carbons (Fsp3) is 0.545. The van der Waals surface area contributed by atoms with Crippen LogP contribution in [0.4, 0.5) is 0 Å². The quantitative estimate of drug-likeness (QED) is 0.798. The highest BCUT2D eigenvalue weighted by molar-refractivity contribution is 5.93. The molecule has 1 aromatic heterocycles. The molecule has 1 aliphatic rings. The molecule has 5 heteroatoms. The van der Waals surface area contributed by atoms with Crippen LogP contribution in [0.2, 0.25) is 0 Å². The summed E-state index contributed by atoms with van der Waals surface area (Å²) in [5.74, 6) is 0.0959. The molecule has 1 amide bonds. The van der Waals surface area contributed by atoms with Crippen LogP contribution in [-0.2, 0) is 7.05 Å². The summed E-state index contributed by atoms with van der Waals surface area (Å²) in [6, 6.07) is 3.99. The van der Waals surface area contributed by atoms with Gasteiger partial charge in [0, 0.05) is 31.9 Å². The molecule has 0 unspecified atom stereocenters. The minimum absolute atomic E-state index is 0. The van der Waals surface area contributed by atoms with E-state index in [-0.39, 0.29) is 24.4 Å². The molecule has 1 atom stereocenters. The summed E-state index contributed by atoms with van der Waals surface area (Å²) in [4.78, 5) is 13.9. The van der Waals surface area contributed by atoms with Crippen molar-refractivity contribution in [2.45, 2.75) is 19.4 Å². The van der Waals surface area contributed by atoms with Gasteiger partial charge in [-0.3, -0.25) is 4.79 Å². The summed E-state index contributed by atoms with van der Waals surface area (Å²) in [6.45, 7) is 3.46. The molecule has 16 heavy (non-hydrogen) atoms. The van der Waals surface area contributed by atoms with E-state index in [0.29, 0.717) is 6.54 Å². The normalized spacial score (nSPS) is 19.7. The molecule has 1 fully saturated rings. The first-order valence-electron chi connectivity index (χ1n) is 5.27. The van der Waals surface area contributed by atoms with E-state index in [2.05, 4.69) is 0 Å². The van der Waals surface area contributed by atoms with Crippen molar-refractivity contribution < 1.29 is 4.79 Å². The van der Waals surface area contributed by atoms with Gasteiger partial charge in [-0.05, 0) is 25.5 Å². The monoisotopic (exact) mass is 243 g/mol. The van der Waals surface area contributed by atoms with E-state index >= 15 is 0 Å². The number of hydrogen-bond acceptors (Lipinski definition) is 2. The average Bonchev–Trinajstić information content (AvgIpc) is 2.75. The first kappa shape index (κ1) is 13.1. The minimum atomic E-state index is 0. The highest BCUT2D eigenvalue weighted by Gasteiger charge is 2.25. The fourth-order valence-electron chi connectivity index (χ4n) is 1.96. The van der Waals surface area contributed by atoms with Crippen LogP contribution in [0.25, 0.3) is 0 Å². The number of nitrogens with zero attached hydrogens (tertiary/aromatic N) is 2. The molecule has 90 valence electrons. The van der Waals surface area contributed by atoms with Gasteiger partial charge in [-0.15, -0.1) is 12.4 Å². The fourth-order valence-corrected chi connectivity index (χ4v) is 1.96. The molecule has 1 aliphatic heterocycles. The Kier molecular flexibility index (Phi) is 3.99. The van der Waals surface area contributed by atoms with Gasteiger partial charge in [0.05, 0.1) is 0 Å². The molecule has 2 rings (SSSR count). The van der Waals surface area contributed by atoms with Gasteiger partial charge >= 0.3 is 0 Å². The largest absolute Gasteiger partial charge is 0.344 e.